The molecule has 2 heterocycles. The first-order valence-electron chi connectivity index (χ1n) is 9.87. The van der Waals surface area contributed by atoms with Gasteiger partial charge in [0, 0.05) is 24.3 Å². The number of hydrogen-bond donors (Lipinski definition) is 0. The van der Waals surface area contributed by atoms with Crippen LogP contribution in [0, 0.1) is 0 Å². The van der Waals surface area contributed by atoms with Crippen molar-refractivity contribution in [2.45, 2.75) is 25.3 Å². The standard InChI is InChI=1S/C24H24ClN3O2/c1-28-21(14-20(15-25)27-28)8-5-18-12-19-4-3-11-26-24(19)23(13-18)30-16-17-6-9-22(29-2)10-7-17/h3-4,6-7,9-14H,5,8,15-16H2,1-2H3. The van der Waals surface area contributed by atoms with Crippen LogP contribution in [0.25, 0.3) is 10.9 Å². The third-order valence-electron chi connectivity index (χ3n) is 5.12. The Balaban J connectivity index is 1.54. The number of ether oxygens (including phenoxy) is 2. The van der Waals surface area contributed by atoms with Gasteiger partial charge in [-0.25, -0.2) is 0 Å². The Labute approximate surface area is 181 Å². The maximum atomic E-state index is 6.18. The van der Waals surface area contributed by atoms with Crippen molar-refractivity contribution in [2.24, 2.45) is 7.05 Å². The molecule has 4 rings (SSSR count). The molecule has 0 amide bonds. The average molecular weight is 422 g/mol. The molecule has 0 aliphatic rings. The Bertz CT molecular complexity index is 1140. The lowest BCUT2D eigenvalue weighted by molar-refractivity contribution is 0.309. The Morgan fingerprint density at radius 1 is 1.00 bits per heavy atom. The number of alkyl halides is 1. The van der Waals surface area contributed by atoms with Gasteiger partial charge in [-0.05, 0) is 60.4 Å². The van der Waals surface area contributed by atoms with E-state index in [1.54, 1.807) is 13.3 Å². The smallest absolute Gasteiger partial charge is 0.146 e. The molecular weight excluding hydrogens is 398 g/mol. The van der Waals surface area contributed by atoms with E-state index in [2.05, 4.69) is 34.3 Å². The number of nitrogens with zero attached hydrogens (tertiary/aromatic N) is 3. The van der Waals surface area contributed by atoms with E-state index in [0.29, 0.717) is 12.5 Å². The summed E-state index contributed by atoms with van der Waals surface area (Å²) in [5.41, 5.74) is 5.22. The normalized spacial score (nSPS) is 11.0. The number of benzene rings is 2. The Kier molecular flexibility index (Phi) is 6.19. The lowest BCUT2D eigenvalue weighted by Gasteiger charge is -2.12. The van der Waals surface area contributed by atoms with Gasteiger partial charge < -0.3 is 9.47 Å². The van der Waals surface area contributed by atoms with Gasteiger partial charge in [-0.2, -0.15) is 5.10 Å². The van der Waals surface area contributed by atoms with Crippen LogP contribution in [-0.2, 0) is 32.4 Å². The van der Waals surface area contributed by atoms with Gasteiger partial charge in [-0.1, -0.05) is 18.2 Å². The van der Waals surface area contributed by atoms with Gasteiger partial charge >= 0.3 is 0 Å². The van der Waals surface area contributed by atoms with Crippen molar-refractivity contribution in [1.29, 1.82) is 0 Å². The molecule has 2 aromatic heterocycles. The summed E-state index contributed by atoms with van der Waals surface area (Å²) in [5, 5.41) is 5.50. The molecule has 0 radical (unpaired) electrons. The topological polar surface area (TPSA) is 49.2 Å². The van der Waals surface area contributed by atoms with E-state index in [1.807, 2.05) is 42.1 Å². The summed E-state index contributed by atoms with van der Waals surface area (Å²) in [7, 11) is 3.62. The highest BCUT2D eigenvalue weighted by atomic mass is 35.5. The fourth-order valence-corrected chi connectivity index (χ4v) is 3.63. The minimum absolute atomic E-state index is 0.429. The summed E-state index contributed by atoms with van der Waals surface area (Å²) in [5.74, 6) is 2.06. The molecule has 0 fully saturated rings. The Morgan fingerprint density at radius 2 is 1.83 bits per heavy atom. The lowest BCUT2D eigenvalue weighted by atomic mass is 10.0. The summed E-state index contributed by atoms with van der Waals surface area (Å²) in [6.45, 7) is 0.472. The van der Waals surface area contributed by atoms with Gasteiger partial charge in [0.15, 0.2) is 0 Å². The molecule has 5 nitrogen and oxygen atoms in total. The minimum Gasteiger partial charge on any atom is -0.497 e. The molecule has 0 unspecified atom stereocenters. The van der Waals surface area contributed by atoms with Gasteiger partial charge in [0.05, 0.1) is 18.7 Å². The van der Waals surface area contributed by atoms with Gasteiger partial charge in [-0.3, -0.25) is 9.67 Å². The van der Waals surface area contributed by atoms with E-state index in [4.69, 9.17) is 21.1 Å². The number of pyridine rings is 1. The first-order valence-corrected chi connectivity index (χ1v) is 10.4. The number of hydrogen-bond acceptors (Lipinski definition) is 4. The van der Waals surface area contributed by atoms with Crippen LogP contribution in [0.15, 0.2) is 60.8 Å². The van der Waals surface area contributed by atoms with Gasteiger partial charge in [0.2, 0.25) is 0 Å². The fraction of sp³-hybridized carbons (Fsp3) is 0.250. The van der Waals surface area contributed by atoms with Crippen molar-refractivity contribution < 1.29 is 9.47 Å². The highest BCUT2D eigenvalue weighted by molar-refractivity contribution is 6.16. The second-order valence-electron chi connectivity index (χ2n) is 7.19. The van der Waals surface area contributed by atoms with E-state index >= 15 is 0 Å². The van der Waals surface area contributed by atoms with Crippen molar-refractivity contribution >= 4 is 22.5 Å². The predicted molar refractivity (Wildman–Crippen MR) is 119 cm³/mol. The zero-order chi connectivity index (χ0) is 20.9. The molecule has 0 bridgehead atoms. The first-order chi connectivity index (χ1) is 14.7. The summed E-state index contributed by atoms with van der Waals surface area (Å²) >= 11 is 5.91. The van der Waals surface area contributed by atoms with Crippen molar-refractivity contribution in [3.63, 3.8) is 0 Å². The molecule has 2 aromatic carbocycles. The summed E-state index contributed by atoms with van der Waals surface area (Å²) in [4.78, 5) is 4.53. The maximum Gasteiger partial charge on any atom is 0.146 e. The highest BCUT2D eigenvalue weighted by Crippen LogP contribution is 2.27. The van der Waals surface area contributed by atoms with E-state index in [9.17, 15) is 0 Å². The molecule has 30 heavy (non-hydrogen) atoms. The third-order valence-corrected chi connectivity index (χ3v) is 5.39. The van der Waals surface area contributed by atoms with Crippen LogP contribution < -0.4 is 9.47 Å². The Morgan fingerprint density at radius 3 is 2.57 bits per heavy atom. The monoisotopic (exact) mass is 421 g/mol. The van der Waals surface area contributed by atoms with Crippen LogP contribution in [0.4, 0.5) is 0 Å². The van der Waals surface area contributed by atoms with E-state index in [-0.39, 0.29) is 0 Å². The van der Waals surface area contributed by atoms with Crippen molar-refractivity contribution in [3.8, 4) is 11.5 Å². The maximum absolute atomic E-state index is 6.18. The largest absolute Gasteiger partial charge is 0.497 e. The highest BCUT2D eigenvalue weighted by Gasteiger charge is 2.10. The molecule has 0 saturated heterocycles. The second-order valence-corrected chi connectivity index (χ2v) is 7.46. The van der Waals surface area contributed by atoms with Crippen molar-refractivity contribution in [2.75, 3.05) is 7.11 Å². The molecular formula is C24H24ClN3O2. The number of fused-ring (bicyclic) bond motifs is 1. The number of aryl methyl sites for hydroxylation is 3. The molecule has 0 spiro atoms. The minimum atomic E-state index is 0.429. The zero-order valence-electron chi connectivity index (χ0n) is 17.1. The predicted octanol–water partition coefficient (Wildman–Crippen LogP) is 5.08. The molecule has 0 aliphatic heterocycles. The number of aromatic nitrogens is 3. The summed E-state index contributed by atoms with van der Waals surface area (Å²) < 4.78 is 13.3. The van der Waals surface area contributed by atoms with Crippen molar-refractivity contribution in [3.05, 3.63) is 83.3 Å². The van der Waals surface area contributed by atoms with Crippen LogP contribution in [0.5, 0.6) is 11.5 Å². The Hall–Kier alpha value is -3.05. The van der Waals surface area contributed by atoms with Crippen LogP contribution in [0.1, 0.15) is 22.5 Å². The van der Waals surface area contributed by atoms with Crippen LogP contribution in [-0.4, -0.2) is 21.9 Å². The summed E-state index contributed by atoms with van der Waals surface area (Å²) in [6, 6.07) is 18.3. The average Bonchev–Trinajstić information content (AvgIpc) is 3.16. The third kappa shape index (κ3) is 4.57. The van der Waals surface area contributed by atoms with Gasteiger partial charge in [0.1, 0.15) is 23.6 Å². The van der Waals surface area contributed by atoms with Gasteiger partial charge in [0.25, 0.3) is 0 Å². The lowest BCUT2D eigenvalue weighted by Crippen LogP contribution is -2.02. The number of halogens is 1. The van der Waals surface area contributed by atoms with Crippen LogP contribution >= 0.6 is 11.6 Å². The molecule has 6 heteroatoms. The number of methoxy groups -OCH3 is 1. The molecule has 0 saturated carbocycles. The van der Waals surface area contributed by atoms with E-state index in [1.165, 1.54) is 5.56 Å². The molecule has 0 N–H and O–H groups in total. The first kappa shape index (κ1) is 20.2. The van der Waals surface area contributed by atoms with Crippen LogP contribution in [0.2, 0.25) is 0 Å². The fourth-order valence-electron chi connectivity index (χ4n) is 3.50. The van der Waals surface area contributed by atoms with Crippen molar-refractivity contribution in [1.82, 2.24) is 14.8 Å². The zero-order valence-corrected chi connectivity index (χ0v) is 17.9. The van der Waals surface area contributed by atoms with E-state index in [0.717, 1.165) is 52.2 Å². The quantitative estimate of drug-likeness (QED) is 0.372. The molecule has 0 aliphatic carbocycles. The molecule has 154 valence electrons. The summed E-state index contributed by atoms with van der Waals surface area (Å²) in [6.07, 6.45) is 3.56. The number of rotatable bonds is 8. The van der Waals surface area contributed by atoms with Crippen LogP contribution in [0.3, 0.4) is 0 Å². The molecule has 0 atom stereocenters. The SMILES string of the molecule is COc1ccc(COc2cc(CCc3cc(CCl)nn3C)cc3cccnc23)cc1. The second kappa shape index (κ2) is 9.18. The van der Waals surface area contributed by atoms with Gasteiger partial charge in [-0.15, -0.1) is 11.6 Å². The van der Waals surface area contributed by atoms with E-state index < -0.39 is 0 Å². The molecule has 4 aromatic rings.